The number of hydrogen-bond donors (Lipinski definition) is 1. The van der Waals surface area contributed by atoms with Gasteiger partial charge in [0, 0.05) is 25.3 Å². The first-order valence-corrected chi connectivity index (χ1v) is 8.98. The van der Waals surface area contributed by atoms with E-state index in [1.54, 1.807) is 6.20 Å². The van der Waals surface area contributed by atoms with Crippen LogP contribution in [0.5, 0.6) is 0 Å². The number of aromatic nitrogens is 1. The fourth-order valence-electron chi connectivity index (χ4n) is 2.47. The van der Waals surface area contributed by atoms with Crippen LogP contribution in [0.1, 0.15) is 31.9 Å². The van der Waals surface area contributed by atoms with E-state index in [2.05, 4.69) is 35.1 Å². The van der Waals surface area contributed by atoms with E-state index in [0.29, 0.717) is 13.0 Å². The molecule has 6 heteroatoms. The largest absolute Gasteiger partial charge is 0.356 e. The molecule has 0 radical (unpaired) electrons. The van der Waals surface area contributed by atoms with Gasteiger partial charge in [-0.3, -0.25) is 0 Å². The molecule has 0 spiro atoms. The Morgan fingerprint density at radius 2 is 2.20 bits per heavy atom. The first-order chi connectivity index (χ1) is 9.52. The molecule has 1 unspecified atom stereocenters. The SMILES string of the molecule is CCNC(C)c1ccnc(N2CCCS(=O)(=O)CC2)c1. The number of hydrogen-bond acceptors (Lipinski definition) is 5. The molecular weight excluding hydrogens is 274 g/mol. The highest BCUT2D eigenvalue weighted by Crippen LogP contribution is 2.19. The van der Waals surface area contributed by atoms with Crippen LogP contribution in [0.4, 0.5) is 5.82 Å². The van der Waals surface area contributed by atoms with Crippen molar-refractivity contribution >= 4 is 15.7 Å². The molecule has 0 aliphatic carbocycles. The Bertz CT molecular complexity index is 545. The van der Waals surface area contributed by atoms with Crippen molar-refractivity contribution in [1.29, 1.82) is 0 Å². The highest BCUT2D eigenvalue weighted by Gasteiger charge is 2.20. The highest BCUT2D eigenvalue weighted by molar-refractivity contribution is 7.91. The minimum Gasteiger partial charge on any atom is -0.356 e. The molecule has 2 heterocycles. The Hall–Kier alpha value is -1.14. The predicted molar refractivity (Wildman–Crippen MR) is 81.8 cm³/mol. The van der Waals surface area contributed by atoms with Crippen molar-refractivity contribution in [3.63, 3.8) is 0 Å². The highest BCUT2D eigenvalue weighted by atomic mass is 32.2. The van der Waals surface area contributed by atoms with Gasteiger partial charge in [-0.15, -0.1) is 0 Å². The standard InChI is InChI=1S/C14H23N3O2S/c1-3-15-12(2)13-5-6-16-14(11-13)17-7-4-9-20(18,19)10-8-17/h5-6,11-12,15H,3-4,7-10H2,1-2H3. The van der Waals surface area contributed by atoms with Crippen LogP contribution in [0, 0.1) is 0 Å². The molecule has 2 rings (SSSR count). The molecule has 1 fully saturated rings. The molecule has 20 heavy (non-hydrogen) atoms. The molecule has 1 aliphatic heterocycles. The second kappa shape index (κ2) is 6.54. The van der Waals surface area contributed by atoms with Crippen molar-refractivity contribution in [1.82, 2.24) is 10.3 Å². The van der Waals surface area contributed by atoms with Crippen molar-refractivity contribution in [2.75, 3.05) is 36.0 Å². The molecule has 112 valence electrons. The van der Waals surface area contributed by atoms with Gasteiger partial charge in [-0.2, -0.15) is 0 Å². The maximum absolute atomic E-state index is 11.7. The van der Waals surface area contributed by atoms with Crippen LogP contribution in [-0.2, 0) is 9.84 Å². The van der Waals surface area contributed by atoms with E-state index in [1.165, 1.54) is 5.56 Å². The summed E-state index contributed by atoms with van der Waals surface area (Å²) in [5, 5.41) is 3.38. The van der Waals surface area contributed by atoms with Crippen LogP contribution in [0.25, 0.3) is 0 Å². The van der Waals surface area contributed by atoms with Gasteiger partial charge in [-0.05, 0) is 37.6 Å². The number of nitrogens with one attached hydrogen (secondary N) is 1. The van der Waals surface area contributed by atoms with Gasteiger partial charge in [-0.25, -0.2) is 13.4 Å². The summed E-state index contributed by atoms with van der Waals surface area (Å²) in [5.74, 6) is 1.39. The van der Waals surface area contributed by atoms with E-state index >= 15 is 0 Å². The lowest BCUT2D eigenvalue weighted by Gasteiger charge is -2.22. The van der Waals surface area contributed by atoms with Crippen molar-refractivity contribution in [2.24, 2.45) is 0 Å². The molecule has 0 amide bonds. The number of sulfone groups is 1. The van der Waals surface area contributed by atoms with Gasteiger partial charge in [0.15, 0.2) is 9.84 Å². The van der Waals surface area contributed by atoms with Crippen LogP contribution in [-0.4, -0.2) is 44.5 Å². The molecule has 1 aliphatic rings. The molecule has 0 saturated carbocycles. The lowest BCUT2D eigenvalue weighted by Crippen LogP contribution is -2.28. The minimum absolute atomic E-state index is 0.224. The fourth-order valence-corrected chi connectivity index (χ4v) is 3.74. The molecule has 0 aromatic carbocycles. The van der Waals surface area contributed by atoms with Crippen LogP contribution in [0.2, 0.25) is 0 Å². The Morgan fingerprint density at radius 1 is 1.40 bits per heavy atom. The lowest BCUT2D eigenvalue weighted by molar-refractivity contribution is 0.596. The van der Waals surface area contributed by atoms with E-state index in [4.69, 9.17) is 0 Å². The summed E-state index contributed by atoms with van der Waals surface area (Å²) in [7, 11) is -2.88. The average Bonchev–Trinajstić information content (AvgIpc) is 2.60. The van der Waals surface area contributed by atoms with E-state index in [1.807, 2.05) is 6.07 Å². The number of anilines is 1. The Morgan fingerprint density at radius 3 is 2.95 bits per heavy atom. The minimum atomic E-state index is -2.88. The zero-order chi connectivity index (χ0) is 14.6. The average molecular weight is 297 g/mol. The summed E-state index contributed by atoms with van der Waals surface area (Å²) in [4.78, 5) is 6.47. The summed E-state index contributed by atoms with van der Waals surface area (Å²) in [5.41, 5.74) is 1.18. The molecule has 1 aromatic rings. The van der Waals surface area contributed by atoms with E-state index < -0.39 is 9.84 Å². The van der Waals surface area contributed by atoms with Gasteiger partial charge >= 0.3 is 0 Å². The molecule has 1 N–H and O–H groups in total. The molecule has 1 saturated heterocycles. The zero-order valence-corrected chi connectivity index (χ0v) is 13.0. The second-order valence-corrected chi connectivity index (χ2v) is 7.52. The topological polar surface area (TPSA) is 62.3 Å². The summed E-state index contributed by atoms with van der Waals surface area (Å²) >= 11 is 0. The Balaban J connectivity index is 2.14. The second-order valence-electron chi connectivity index (χ2n) is 5.22. The van der Waals surface area contributed by atoms with Crippen LogP contribution in [0.15, 0.2) is 18.3 Å². The summed E-state index contributed by atoms with van der Waals surface area (Å²) < 4.78 is 23.3. The number of pyridine rings is 1. The van der Waals surface area contributed by atoms with Gasteiger partial charge < -0.3 is 10.2 Å². The quantitative estimate of drug-likeness (QED) is 0.909. The molecule has 0 bridgehead atoms. The third kappa shape index (κ3) is 3.93. The van der Waals surface area contributed by atoms with Crippen LogP contribution in [0.3, 0.4) is 0 Å². The zero-order valence-electron chi connectivity index (χ0n) is 12.2. The summed E-state index contributed by atoms with van der Waals surface area (Å²) in [6.07, 6.45) is 2.48. The normalized spacial score (nSPS) is 20.4. The van der Waals surface area contributed by atoms with Crippen molar-refractivity contribution in [2.45, 2.75) is 26.3 Å². The first-order valence-electron chi connectivity index (χ1n) is 7.16. The maximum Gasteiger partial charge on any atom is 0.152 e. The molecule has 1 aromatic heterocycles. The van der Waals surface area contributed by atoms with E-state index in [-0.39, 0.29) is 17.5 Å². The van der Waals surface area contributed by atoms with E-state index in [0.717, 1.165) is 18.9 Å². The van der Waals surface area contributed by atoms with E-state index in [9.17, 15) is 8.42 Å². The third-order valence-electron chi connectivity index (χ3n) is 3.66. The monoisotopic (exact) mass is 297 g/mol. The molecular formula is C14H23N3O2S. The van der Waals surface area contributed by atoms with Crippen molar-refractivity contribution in [3.8, 4) is 0 Å². The fraction of sp³-hybridized carbons (Fsp3) is 0.643. The van der Waals surface area contributed by atoms with Gasteiger partial charge in [-0.1, -0.05) is 6.92 Å². The molecule has 1 atom stereocenters. The molecule has 5 nitrogen and oxygen atoms in total. The first kappa shape index (κ1) is 15.3. The van der Waals surface area contributed by atoms with Crippen molar-refractivity contribution in [3.05, 3.63) is 23.9 Å². The number of nitrogens with zero attached hydrogens (tertiary/aromatic N) is 2. The number of rotatable bonds is 4. The van der Waals surface area contributed by atoms with Gasteiger partial charge in [0.2, 0.25) is 0 Å². The lowest BCUT2D eigenvalue weighted by atomic mass is 10.1. The predicted octanol–water partition coefficient (Wildman–Crippen LogP) is 1.38. The van der Waals surface area contributed by atoms with Crippen molar-refractivity contribution < 1.29 is 8.42 Å². The van der Waals surface area contributed by atoms with Gasteiger partial charge in [0.25, 0.3) is 0 Å². The van der Waals surface area contributed by atoms with Crippen LogP contribution >= 0.6 is 0 Å². The van der Waals surface area contributed by atoms with Gasteiger partial charge in [0.1, 0.15) is 5.82 Å². The maximum atomic E-state index is 11.7. The van der Waals surface area contributed by atoms with Crippen LogP contribution < -0.4 is 10.2 Å². The van der Waals surface area contributed by atoms with Gasteiger partial charge in [0.05, 0.1) is 11.5 Å². The third-order valence-corrected chi connectivity index (χ3v) is 5.37. The Kier molecular flexibility index (Phi) is 4.99. The smallest absolute Gasteiger partial charge is 0.152 e. The summed E-state index contributed by atoms with van der Waals surface area (Å²) in [6.45, 7) is 6.41. The summed E-state index contributed by atoms with van der Waals surface area (Å²) in [6, 6.07) is 4.34. The Labute approximate surface area is 121 Å².